The number of unbranched alkanes of at least 4 members (excludes halogenated alkanes) is 15. The second-order valence-corrected chi connectivity index (χ2v) is 10.4. The molecule has 0 atom stereocenters. The predicted molar refractivity (Wildman–Crippen MR) is 157 cm³/mol. The van der Waals surface area contributed by atoms with Gasteiger partial charge in [-0.3, -0.25) is 4.99 Å². The molecule has 0 amide bonds. The molecule has 0 aliphatic rings. The van der Waals surface area contributed by atoms with Gasteiger partial charge in [-0.25, -0.2) is 0 Å². The van der Waals surface area contributed by atoms with Crippen molar-refractivity contribution in [1.29, 1.82) is 0 Å². The van der Waals surface area contributed by atoms with E-state index in [-0.39, 0.29) is 0 Å². The van der Waals surface area contributed by atoms with E-state index in [2.05, 4.69) is 67.1 Å². The lowest BCUT2D eigenvalue weighted by Crippen LogP contribution is -1.93. The second kappa shape index (κ2) is 16.6. The molecule has 0 aliphatic carbocycles. The molecular weight excluding hydrogens is 424 g/mol. The fourth-order valence-electron chi connectivity index (χ4n) is 5.41. The topological polar surface area (TPSA) is 17.3 Å². The van der Waals surface area contributed by atoms with Crippen molar-refractivity contribution in [2.75, 3.05) is 6.54 Å². The van der Waals surface area contributed by atoms with Gasteiger partial charge in [-0.15, -0.1) is 0 Å². The van der Waals surface area contributed by atoms with Crippen LogP contribution in [0.3, 0.4) is 0 Å². The van der Waals surface area contributed by atoms with Crippen LogP contribution in [0.25, 0.3) is 21.8 Å². The van der Waals surface area contributed by atoms with E-state index < -0.39 is 0 Å². The lowest BCUT2D eigenvalue weighted by molar-refractivity contribution is 0.530. The number of para-hydroxylation sites is 1. The van der Waals surface area contributed by atoms with Crippen LogP contribution in [0.5, 0.6) is 0 Å². The third-order valence-electron chi connectivity index (χ3n) is 7.49. The molecule has 0 bridgehead atoms. The zero-order chi connectivity index (χ0) is 24.6. The van der Waals surface area contributed by atoms with Crippen LogP contribution in [-0.2, 0) is 6.54 Å². The van der Waals surface area contributed by atoms with Crippen LogP contribution in [0.2, 0.25) is 0 Å². The molecule has 35 heavy (non-hydrogen) atoms. The van der Waals surface area contributed by atoms with E-state index in [1.807, 2.05) is 0 Å². The van der Waals surface area contributed by atoms with Crippen molar-refractivity contribution in [3.8, 4) is 0 Å². The fraction of sp³-hybridized carbons (Fsp3) is 0.606. The Morgan fingerprint density at radius 3 is 1.74 bits per heavy atom. The van der Waals surface area contributed by atoms with E-state index in [1.165, 1.54) is 130 Å². The van der Waals surface area contributed by atoms with Crippen molar-refractivity contribution in [3.63, 3.8) is 0 Å². The van der Waals surface area contributed by atoms with Crippen LogP contribution in [0.4, 0.5) is 0 Å². The molecule has 0 spiro atoms. The summed E-state index contributed by atoms with van der Waals surface area (Å²) in [5.74, 6) is 0. The summed E-state index contributed by atoms with van der Waals surface area (Å²) >= 11 is 0. The highest BCUT2D eigenvalue weighted by atomic mass is 15.0. The van der Waals surface area contributed by atoms with Gasteiger partial charge in [0.25, 0.3) is 0 Å². The first-order valence-corrected chi connectivity index (χ1v) is 14.9. The summed E-state index contributed by atoms with van der Waals surface area (Å²) in [6.07, 6.45) is 24.7. The maximum Gasteiger partial charge on any atom is 0.0491 e. The monoisotopic (exact) mass is 474 g/mol. The lowest BCUT2D eigenvalue weighted by Gasteiger charge is -2.03. The van der Waals surface area contributed by atoms with Gasteiger partial charge in [0.05, 0.1) is 0 Å². The van der Waals surface area contributed by atoms with E-state index in [4.69, 9.17) is 4.99 Å². The molecule has 0 aliphatic heterocycles. The summed E-state index contributed by atoms with van der Waals surface area (Å²) in [4.78, 5) is 4.73. The summed E-state index contributed by atoms with van der Waals surface area (Å²) in [5.41, 5.74) is 3.86. The van der Waals surface area contributed by atoms with Crippen LogP contribution in [0.15, 0.2) is 47.5 Å². The first-order valence-electron chi connectivity index (χ1n) is 14.9. The molecule has 1 aromatic heterocycles. The van der Waals surface area contributed by atoms with Crippen LogP contribution in [0, 0.1) is 0 Å². The molecule has 0 saturated carbocycles. The predicted octanol–water partition coefficient (Wildman–Crippen LogP) is 10.5. The van der Waals surface area contributed by atoms with Crippen LogP contribution in [0.1, 0.15) is 122 Å². The molecule has 3 rings (SSSR count). The lowest BCUT2D eigenvalue weighted by atomic mass is 10.0. The molecule has 0 N–H and O–H groups in total. The zero-order valence-corrected chi connectivity index (χ0v) is 22.7. The number of aromatic nitrogens is 1. The van der Waals surface area contributed by atoms with Crippen LogP contribution >= 0.6 is 0 Å². The first kappa shape index (κ1) is 27.5. The average Bonchev–Trinajstić information content (AvgIpc) is 3.21. The van der Waals surface area contributed by atoms with Gasteiger partial charge in [-0.05, 0) is 37.1 Å². The average molecular weight is 475 g/mol. The minimum atomic E-state index is 0.952. The summed E-state index contributed by atoms with van der Waals surface area (Å²) in [7, 11) is 0. The molecule has 3 aromatic rings. The van der Waals surface area contributed by atoms with Gasteiger partial charge in [0.15, 0.2) is 0 Å². The van der Waals surface area contributed by atoms with Crippen molar-refractivity contribution in [2.45, 2.75) is 123 Å². The zero-order valence-electron chi connectivity index (χ0n) is 22.7. The van der Waals surface area contributed by atoms with E-state index >= 15 is 0 Å². The molecule has 2 heteroatoms. The van der Waals surface area contributed by atoms with Crippen LogP contribution in [-0.4, -0.2) is 17.3 Å². The Morgan fingerprint density at radius 2 is 1.14 bits per heavy atom. The molecule has 192 valence electrons. The van der Waals surface area contributed by atoms with Crippen molar-refractivity contribution >= 4 is 28.0 Å². The van der Waals surface area contributed by atoms with Gasteiger partial charge >= 0.3 is 0 Å². The summed E-state index contributed by atoms with van der Waals surface area (Å²) in [5, 5.41) is 2.69. The minimum absolute atomic E-state index is 0.952. The van der Waals surface area contributed by atoms with Gasteiger partial charge < -0.3 is 4.57 Å². The Bertz CT molecular complexity index is 997. The normalized spacial score (nSPS) is 11.9. The molecular formula is C33H50N2. The highest BCUT2D eigenvalue weighted by Crippen LogP contribution is 2.29. The quantitative estimate of drug-likeness (QED) is 0.121. The van der Waals surface area contributed by atoms with Crippen molar-refractivity contribution in [2.24, 2.45) is 4.99 Å². The van der Waals surface area contributed by atoms with E-state index in [1.54, 1.807) is 0 Å². The molecule has 0 radical (unpaired) electrons. The van der Waals surface area contributed by atoms with Gasteiger partial charge in [0.1, 0.15) is 0 Å². The minimum Gasteiger partial charge on any atom is -0.341 e. The molecule has 0 unspecified atom stereocenters. The number of aryl methyl sites for hydroxylation is 1. The highest BCUT2D eigenvalue weighted by Gasteiger charge is 2.08. The SMILES string of the molecule is CCCCCCCCCCCCCCCCCCN=Cc1ccc2c(c1)c1ccccc1n2CC. The Kier molecular flexibility index (Phi) is 13.0. The smallest absolute Gasteiger partial charge is 0.0491 e. The van der Waals surface area contributed by atoms with E-state index in [0.717, 1.165) is 13.1 Å². The number of benzene rings is 2. The summed E-state index contributed by atoms with van der Waals surface area (Å²) in [6.45, 7) is 6.47. The summed E-state index contributed by atoms with van der Waals surface area (Å²) < 4.78 is 2.40. The van der Waals surface area contributed by atoms with Crippen molar-refractivity contribution in [1.82, 2.24) is 4.57 Å². The number of rotatable bonds is 19. The Hall–Kier alpha value is -2.09. The Balaban J connectivity index is 1.22. The van der Waals surface area contributed by atoms with Gasteiger partial charge in [-0.2, -0.15) is 0 Å². The van der Waals surface area contributed by atoms with Crippen molar-refractivity contribution < 1.29 is 0 Å². The third kappa shape index (κ3) is 9.13. The molecule has 0 saturated heterocycles. The van der Waals surface area contributed by atoms with Gasteiger partial charge in [0.2, 0.25) is 0 Å². The van der Waals surface area contributed by atoms with E-state index in [0.29, 0.717) is 0 Å². The number of nitrogens with zero attached hydrogens (tertiary/aromatic N) is 2. The maximum absolute atomic E-state index is 4.73. The van der Waals surface area contributed by atoms with Gasteiger partial charge in [0, 0.05) is 41.1 Å². The molecule has 2 aromatic carbocycles. The number of hydrogen-bond donors (Lipinski definition) is 0. The number of hydrogen-bond acceptors (Lipinski definition) is 1. The summed E-state index contributed by atoms with van der Waals surface area (Å²) in [6, 6.07) is 15.5. The molecule has 2 nitrogen and oxygen atoms in total. The Labute approximate surface area is 215 Å². The molecule has 0 fully saturated rings. The highest BCUT2D eigenvalue weighted by molar-refractivity contribution is 6.09. The molecule has 1 heterocycles. The third-order valence-corrected chi connectivity index (χ3v) is 7.49. The fourth-order valence-corrected chi connectivity index (χ4v) is 5.41. The number of fused-ring (bicyclic) bond motifs is 3. The standard InChI is InChI=1S/C33H50N2/c1-3-5-6-7-8-9-10-11-12-13-14-15-16-17-18-21-26-34-28-29-24-25-33-31(27-29)30-22-19-20-23-32(30)35(33)4-2/h19-20,22-25,27-28H,3-18,21,26H2,1-2H3. The Morgan fingerprint density at radius 1 is 0.600 bits per heavy atom. The second-order valence-electron chi connectivity index (χ2n) is 10.4. The largest absolute Gasteiger partial charge is 0.341 e. The van der Waals surface area contributed by atoms with E-state index in [9.17, 15) is 0 Å². The number of aliphatic imine (C=N–C) groups is 1. The first-order chi connectivity index (χ1) is 17.3. The maximum atomic E-state index is 4.73. The van der Waals surface area contributed by atoms with Crippen molar-refractivity contribution in [3.05, 3.63) is 48.0 Å². The van der Waals surface area contributed by atoms with Gasteiger partial charge in [-0.1, -0.05) is 128 Å². The van der Waals surface area contributed by atoms with Crippen LogP contribution < -0.4 is 0 Å².